The van der Waals surface area contributed by atoms with Crippen LogP contribution in [0.25, 0.3) is 11.1 Å². The molecule has 4 aromatic rings. The van der Waals surface area contributed by atoms with Gasteiger partial charge in [0.15, 0.2) is 5.69 Å². The monoisotopic (exact) mass is 549 g/mol. The Bertz CT molecular complexity index is 1650. The van der Waals surface area contributed by atoms with Crippen LogP contribution in [0, 0.1) is 0 Å². The normalized spacial score (nSPS) is 17.4. The van der Waals surface area contributed by atoms with E-state index >= 15 is 0 Å². The smallest absolute Gasteiger partial charge is 0.409 e. The number of likely N-dealkylation sites (tertiary alicyclic amines) is 1. The van der Waals surface area contributed by atoms with Gasteiger partial charge in [-0.25, -0.2) is 14.3 Å². The van der Waals surface area contributed by atoms with Crippen molar-refractivity contribution in [1.29, 1.82) is 0 Å². The van der Waals surface area contributed by atoms with E-state index in [9.17, 15) is 19.2 Å². The minimum absolute atomic E-state index is 0.0317. The molecule has 41 heavy (non-hydrogen) atoms. The number of benzene rings is 3. The highest BCUT2D eigenvalue weighted by Crippen LogP contribution is 2.44. The van der Waals surface area contributed by atoms with Gasteiger partial charge in [0.2, 0.25) is 0 Å². The second-order valence-electron chi connectivity index (χ2n) is 10.1. The van der Waals surface area contributed by atoms with Gasteiger partial charge in [0.1, 0.15) is 6.61 Å². The number of amides is 3. The zero-order chi connectivity index (χ0) is 28.1. The Morgan fingerprint density at radius 3 is 2.05 bits per heavy atom. The molecular weight excluding hydrogens is 526 g/mol. The lowest BCUT2D eigenvalue weighted by Gasteiger charge is -2.19. The van der Waals surface area contributed by atoms with E-state index in [1.165, 1.54) is 23.0 Å². The van der Waals surface area contributed by atoms with Gasteiger partial charge in [-0.1, -0.05) is 70.9 Å². The minimum atomic E-state index is -0.989. The standard InChI is InChI=1S/C30H23N5O6/c36-27-23-11-5-6-12-24(23)28(37)35(27)41-29(38)26-16-34(32-31-26)18-13-14-33(15-18)30(39)40-17-25-21-9-3-1-7-19(21)20-8-2-4-10-22(20)25/h1-12,16,18,25H,13-15,17H2. The largest absolute Gasteiger partial charge is 0.448 e. The van der Waals surface area contributed by atoms with Gasteiger partial charge < -0.3 is 14.5 Å². The first kappa shape index (κ1) is 24.7. The fourth-order valence-electron chi connectivity index (χ4n) is 5.74. The zero-order valence-electron chi connectivity index (χ0n) is 21.7. The lowest BCUT2D eigenvalue weighted by molar-refractivity contribution is -0.0588. The van der Waals surface area contributed by atoms with Crippen molar-refractivity contribution >= 4 is 23.9 Å². The van der Waals surface area contributed by atoms with E-state index in [0.29, 0.717) is 24.6 Å². The Hall–Kier alpha value is -5.32. The molecular formula is C30H23N5O6. The average molecular weight is 550 g/mol. The molecule has 1 unspecified atom stereocenters. The van der Waals surface area contributed by atoms with Crippen LogP contribution in [0.1, 0.15) is 60.7 Å². The number of aromatic nitrogens is 3. The molecule has 204 valence electrons. The summed E-state index contributed by atoms with van der Waals surface area (Å²) >= 11 is 0. The lowest BCUT2D eigenvalue weighted by Crippen LogP contribution is -2.32. The van der Waals surface area contributed by atoms with E-state index in [1.54, 1.807) is 17.0 Å². The number of hydroxylamine groups is 2. The van der Waals surface area contributed by atoms with Crippen molar-refractivity contribution in [1.82, 2.24) is 25.0 Å². The predicted molar refractivity (Wildman–Crippen MR) is 143 cm³/mol. The van der Waals surface area contributed by atoms with Crippen LogP contribution < -0.4 is 0 Å². The fourth-order valence-corrected chi connectivity index (χ4v) is 5.74. The Labute approximate surface area is 233 Å². The summed E-state index contributed by atoms with van der Waals surface area (Å²) in [6.45, 7) is 1.01. The molecule has 0 N–H and O–H groups in total. The molecule has 3 amide bonds. The van der Waals surface area contributed by atoms with Gasteiger partial charge in [0.05, 0.1) is 23.4 Å². The third-order valence-electron chi connectivity index (χ3n) is 7.78. The van der Waals surface area contributed by atoms with Gasteiger partial charge in [-0.2, -0.15) is 0 Å². The van der Waals surface area contributed by atoms with Crippen molar-refractivity contribution in [3.63, 3.8) is 0 Å². The fraction of sp³-hybridized carbons (Fsp3) is 0.200. The van der Waals surface area contributed by atoms with Gasteiger partial charge in [-0.15, -0.1) is 5.10 Å². The number of ether oxygens (including phenoxy) is 1. The molecule has 1 saturated heterocycles. The van der Waals surface area contributed by atoms with Crippen molar-refractivity contribution in [3.05, 3.63) is 107 Å². The van der Waals surface area contributed by atoms with Crippen LogP contribution in [0.2, 0.25) is 0 Å². The van der Waals surface area contributed by atoms with Crippen molar-refractivity contribution < 1.29 is 28.8 Å². The summed E-state index contributed by atoms with van der Waals surface area (Å²) in [5.74, 6) is -2.46. The Morgan fingerprint density at radius 1 is 0.829 bits per heavy atom. The summed E-state index contributed by atoms with van der Waals surface area (Å²) in [4.78, 5) is 57.3. The van der Waals surface area contributed by atoms with Crippen molar-refractivity contribution in [2.24, 2.45) is 0 Å². The summed E-state index contributed by atoms with van der Waals surface area (Å²) in [5.41, 5.74) is 4.76. The molecule has 0 radical (unpaired) electrons. The summed E-state index contributed by atoms with van der Waals surface area (Å²) < 4.78 is 7.25. The molecule has 1 aromatic heterocycles. The van der Waals surface area contributed by atoms with Crippen molar-refractivity contribution in [2.45, 2.75) is 18.4 Å². The average Bonchev–Trinajstić information content (AvgIpc) is 3.79. The molecule has 3 aliphatic rings. The van der Waals surface area contributed by atoms with Crippen LogP contribution in [-0.4, -0.2) is 68.5 Å². The Kier molecular flexibility index (Phi) is 5.84. The number of hydrogen-bond acceptors (Lipinski definition) is 8. The summed E-state index contributed by atoms with van der Waals surface area (Å²) in [5, 5.41) is 8.31. The highest BCUT2D eigenvalue weighted by atomic mass is 16.7. The zero-order valence-corrected chi connectivity index (χ0v) is 21.7. The first-order valence-electron chi connectivity index (χ1n) is 13.2. The number of carbonyl (C=O) groups is 4. The summed E-state index contributed by atoms with van der Waals surface area (Å²) in [6.07, 6.45) is 1.55. The van der Waals surface area contributed by atoms with E-state index in [2.05, 4.69) is 34.6 Å². The molecule has 1 atom stereocenters. The van der Waals surface area contributed by atoms with Crippen LogP contribution in [0.4, 0.5) is 4.79 Å². The van der Waals surface area contributed by atoms with Crippen molar-refractivity contribution in [3.8, 4) is 11.1 Å². The van der Waals surface area contributed by atoms with E-state index in [1.807, 2.05) is 24.3 Å². The van der Waals surface area contributed by atoms with Gasteiger partial charge in [0.25, 0.3) is 11.8 Å². The number of imide groups is 1. The molecule has 3 heterocycles. The molecule has 0 spiro atoms. The first-order chi connectivity index (χ1) is 20.0. The molecule has 0 saturated carbocycles. The Balaban J connectivity index is 0.969. The number of hydrogen-bond donors (Lipinski definition) is 0. The molecule has 0 bridgehead atoms. The summed E-state index contributed by atoms with van der Waals surface area (Å²) in [7, 11) is 0. The van der Waals surface area contributed by atoms with Gasteiger partial charge >= 0.3 is 12.1 Å². The second-order valence-corrected chi connectivity index (χ2v) is 10.1. The third kappa shape index (κ3) is 4.13. The maximum absolute atomic E-state index is 13.0. The Morgan fingerprint density at radius 2 is 1.41 bits per heavy atom. The van der Waals surface area contributed by atoms with Crippen molar-refractivity contribution in [2.75, 3.05) is 19.7 Å². The summed E-state index contributed by atoms with van der Waals surface area (Å²) in [6, 6.07) is 22.3. The third-order valence-corrected chi connectivity index (χ3v) is 7.78. The number of carbonyl (C=O) groups excluding carboxylic acids is 4. The van der Waals surface area contributed by atoms with E-state index < -0.39 is 23.9 Å². The highest BCUT2D eigenvalue weighted by Gasteiger charge is 2.39. The van der Waals surface area contributed by atoms with Crippen LogP contribution in [-0.2, 0) is 9.57 Å². The first-order valence-corrected chi connectivity index (χ1v) is 13.2. The maximum atomic E-state index is 13.0. The molecule has 3 aromatic carbocycles. The lowest BCUT2D eigenvalue weighted by atomic mass is 9.98. The highest BCUT2D eigenvalue weighted by molar-refractivity contribution is 6.21. The van der Waals surface area contributed by atoms with Crippen LogP contribution in [0.15, 0.2) is 79.0 Å². The SMILES string of the molecule is O=C(ON1C(=O)c2ccccc2C1=O)c1cn(C2CCN(C(=O)OCC3c4ccccc4-c4ccccc43)C2)nn1. The van der Waals surface area contributed by atoms with Crippen LogP contribution in [0.5, 0.6) is 0 Å². The molecule has 2 aliphatic heterocycles. The quantitative estimate of drug-likeness (QED) is 0.344. The number of rotatable bonds is 5. The van der Waals surface area contributed by atoms with Crippen LogP contribution >= 0.6 is 0 Å². The topological polar surface area (TPSA) is 124 Å². The molecule has 1 aliphatic carbocycles. The minimum Gasteiger partial charge on any atom is -0.448 e. The second kappa shape index (κ2) is 9.70. The maximum Gasteiger partial charge on any atom is 0.409 e. The van der Waals surface area contributed by atoms with E-state index in [4.69, 9.17) is 9.57 Å². The molecule has 11 heteroatoms. The van der Waals surface area contributed by atoms with E-state index in [-0.39, 0.29) is 35.4 Å². The molecule has 11 nitrogen and oxygen atoms in total. The molecule has 1 fully saturated rings. The van der Waals surface area contributed by atoms with Crippen LogP contribution in [0.3, 0.4) is 0 Å². The van der Waals surface area contributed by atoms with Gasteiger partial charge in [-0.3, -0.25) is 9.59 Å². The molecule has 7 rings (SSSR count). The number of fused-ring (bicyclic) bond motifs is 4. The number of nitrogens with zero attached hydrogens (tertiary/aromatic N) is 5. The van der Waals surface area contributed by atoms with Gasteiger partial charge in [-0.05, 0) is 40.8 Å². The predicted octanol–water partition coefficient (Wildman–Crippen LogP) is 3.84. The van der Waals surface area contributed by atoms with E-state index in [0.717, 1.165) is 22.3 Å². The van der Waals surface area contributed by atoms with Gasteiger partial charge in [0, 0.05) is 19.0 Å².